The van der Waals surface area contributed by atoms with Crippen LogP contribution in [0.15, 0.2) is 48.5 Å². The topological polar surface area (TPSA) is 64.6 Å². The number of rotatable bonds is 9. The van der Waals surface area contributed by atoms with E-state index >= 15 is 0 Å². The second kappa shape index (κ2) is 10.2. The molecule has 5 heteroatoms. The van der Waals surface area contributed by atoms with Crippen LogP contribution in [-0.4, -0.2) is 25.6 Å². The van der Waals surface area contributed by atoms with Crippen molar-refractivity contribution in [3.8, 4) is 5.75 Å². The van der Waals surface area contributed by atoms with Gasteiger partial charge in [0, 0.05) is 11.3 Å². The van der Waals surface area contributed by atoms with Crippen molar-refractivity contribution in [1.29, 1.82) is 0 Å². The molecule has 2 rings (SSSR count). The summed E-state index contributed by atoms with van der Waals surface area (Å²) < 4.78 is 10.3. The van der Waals surface area contributed by atoms with Gasteiger partial charge in [0.05, 0.1) is 19.3 Å². The van der Waals surface area contributed by atoms with E-state index in [9.17, 15) is 9.59 Å². The molecule has 26 heavy (non-hydrogen) atoms. The van der Waals surface area contributed by atoms with Crippen LogP contribution in [0.1, 0.15) is 53.3 Å². The number of hydrogen-bond donors (Lipinski definition) is 1. The zero-order valence-electron chi connectivity index (χ0n) is 15.3. The third kappa shape index (κ3) is 5.92. The summed E-state index contributed by atoms with van der Waals surface area (Å²) in [6.45, 7) is 2.89. The molecule has 0 unspecified atom stereocenters. The second-order valence-corrected chi connectivity index (χ2v) is 5.96. The van der Waals surface area contributed by atoms with Crippen LogP contribution in [0.3, 0.4) is 0 Å². The van der Waals surface area contributed by atoms with Gasteiger partial charge in [0.25, 0.3) is 5.91 Å². The van der Waals surface area contributed by atoms with Crippen molar-refractivity contribution < 1.29 is 19.1 Å². The molecule has 0 aromatic heterocycles. The molecule has 1 amide bonds. The molecule has 2 aromatic carbocycles. The molecule has 0 saturated heterocycles. The van der Waals surface area contributed by atoms with Crippen LogP contribution in [0.2, 0.25) is 0 Å². The summed E-state index contributed by atoms with van der Waals surface area (Å²) in [6, 6.07) is 13.6. The van der Waals surface area contributed by atoms with Gasteiger partial charge in [0.2, 0.25) is 0 Å². The van der Waals surface area contributed by atoms with E-state index in [4.69, 9.17) is 4.74 Å². The molecule has 0 bridgehead atoms. The fourth-order valence-corrected chi connectivity index (χ4v) is 2.43. The van der Waals surface area contributed by atoms with Gasteiger partial charge < -0.3 is 14.8 Å². The zero-order chi connectivity index (χ0) is 18.8. The number of carbonyl (C=O) groups excluding carboxylic acids is 2. The Morgan fingerprint density at radius 3 is 2.15 bits per heavy atom. The van der Waals surface area contributed by atoms with Gasteiger partial charge in [-0.05, 0) is 55.0 Å². The van der Waals surface area contributed by atoms with Gasteiger partial charge in [-0.15, -0.1) is 0 Å². The van der Waals surface area contributed by atoms with Crippen molar-refractivity contribution in [1.82, 2.24) is 0 Å². The van der Waals surface area contributed by atoms with E-state index in [1.54, 1.807) is 24.3 Å². The number of hydrogen-bond acceptors (Lipinski definition) is 4. The van der Waals surface area contributed by atoms with Crippen LogP contribution in [0, 0.1) is 0 Å². The summed E-state index contributed by atoms with van der Waals surface area (Å²) in [7, 11) is 1.32. The number of unbranched alkanes of at least 4 members (excludes halogenated alkanes) is 3. The van der Waals surface area contributed by atoms with Gasteiger partial charge in [-0.3, -0.25) is 4.79 Å². The highest BCUT2D eigenvalue weighted by atomic mass is 16.5. The Morgan fingerprint density at radius 1 is 0.885 bits per heavy atom. The Morgan fingerprint density at radius 2 is 1.54 bits per heavy atom. The fourth-order valence-electron chi connectivity index (χ4n) is 2.43. The van der Waals surface area contributed by atoms with E-state index in [1.807, 2.05) is 24.3 Å². The number of ether oxygens (including phenoxy) is 2. The minimum atomic E-state index is -0.428. The maximum absolute atomic E-state index is 12.3. The summed E-state index contributed by atoms with van der Waals surface area (Å²) in [5, 5.41) is 2.82. The highest BCUT2D eigenvalue weighted by Gasteiger charge is 2.09. The summed E-state index contributed by atoms with van der Waals surface area (Å²) in [5.74, 6) is 0.124. The summed E-state index contributed by atoms with van der Waals surface area (Å²) in [4.78, 5) is 23.7. The maximum atomic E-state index is 12.3. The Hall–Kier alpha value is -2.82. The van der Waals surface area contributed by atoms with Gasteiger partial charge in [0.1, 0.15) is 5.75 Å². The molecule has 0 radical (unpaired) electrons. The highest BCUT2D eigenvalue weighted by Crippen LogP contribution is 2.17. The zero-order valence-corrected chi connectivity index (χ0v) is 15.3. The minimum absolute atomic E-state index is 0.241. The van der Waals surface area contributed by atoms with Gasteiger partial charge in [-0.2, -0.15) is 0 Å². The van der Waals surface area contributed by atoms with Crippen molar-refractivity contribution in [3.63, 3.8) is 0 Å². The number of amides is 1. The molecule has 0 fully saturated rings. The average Bonchev–Trinajstić information content (AvgIpc) is 2.68. The Balaban J connectivity index is 1.86. The first-order valence-corrected chi connectivity index (χ1v) is 8.86. The third-order valence-corrected chi connectivity index (χ3v) is 3.95. The Kier molecular flexibility index (Phi) is 7.68. The lowest BCUT2D eigenvalue weighted by atomic mass is 10.1. The van der Waals surface area contributed by atoms with E-state index in [0.29, 0.717) is 23.4 Å². The largest absolute Gasteiger partial charge is 0.494 e. The van der Waals surface area contributed by atoms with Crippen LogP contribution in [0.5, 0.6) is 5.75 Å². The average molecular weight is 355 g/mol. The maximum Gasteiger partial charge on any atom is 0.337 e. The van der Waals surface area contributed by atoms with Crippen molar-refractivity contribution in [3.05, 3.63) is 59.7 Å². The van der Waals surface area contributed by atoms with Crippen molar-refractivity contribution in [2.75, 3.05) is 19.0 Å². The predicted octanol–water partition coefficient (Wildman–Crippen LogP) is 4.68. The summed E-state index contributed by atoms with van der Waals surface area (Å²) in [6.07, 6.45) is 4.67. The van der Waals surface area contributed by atoms with Crippen molar-refractivity contribution >= 4 is 17.6 Å². The lowest BCUT2D eigenvalue weighted by Gasteiger charge is -2.09. The molecule has 2 aromatic rings. The van der Waals surface area contributed by atoms with E-state index < -0.39 is 5.97 Å². The van der Waals surface area contributed by atoms with Crippen LogP contribution in [0.4, 0.5) is 5.69 Å². The van der Waals surface area contributed by atoms with Crippen molar-refractivity contribution in [2.24, 2.45) is 0 Å². The number of nitrogens with one attached hydrogen (secondary N) is 1. The normalized spacial score (nSPS) is 10.2. The van der Waals surface area contributed by atoms with E-state index in [0.717, 1.165) is 12.2 Å². The SMILES string of the molecule is CCCCCCOc1ccc(NC(=O)c2ccc(C(=O)OC)cc2)cc1. The summed E-state index contributed by atoms with van der Waals surface area (Å²) in [5.41, 5.74) is 1.56. The smallest absolute Gasteiger partial charge is 0.337 e. The quantitative estimate of drug-likeness (QED) is 0.524. The first-order valence-electron chi connectivity index (χ1n) is 8.86. The Labute approximate surface area is 154 Å². The van der Waals surface area contributed by atoms with Crippen LogP contribution >= 0.6 is 0 Å². The van der Waals surface area contributed by atoms with Crippen molar-refractivity contribution in [2.45, 2.75) is 32.6 Å². The summed E-state index contributed by atoms with van der Waals surface area (Å²) >= 11 is 0. The van der Waals surface area contributed by atoms with Gasteiger partial charge >= 0.3 is 5.97 Å². The second-order valence-electron chi connectivity index (χ2n) is 5.96. The van der Waals surface area contributed by atoms with Crippen LogP contribution in [-0.2, 0) is 4.74 Å². The highest BCUT2D eigenvalue weighted by molar-refractivity contribution is 6.04. The number of anilines is 1. The van der Waals surface area contributed by atoms with E-state index in [2.05, 4.69) is 17.0 Å². The standard InChI is InChI=1S/C21H25NO4/c1-3-4-5-6-15-26-19-13-11-18(12-14-19)22-20(23)16-7-9-17(10-8-16)21(24)25-2/h7-14H,3-6,15H2,1-2H3,(H,22,23). The molecule has 0 spiro atoms. The molecule has 0 aliphatic heterocycles. The van der Waals surface area contributed by atoms with Gasteiger partial charge in [-0.25, -0.2) is 4.79 Å². The number of esters is 1. The molecule has 0 aliphatic carbocycles. The van der Waals surface area contributed by atoms with Gasteiger partial charge in [0.15, 0.2) is 0 Å². The molecule has 0 atom stereocenters. The van der Waals surface area contributed by atoms with E-state index in [1.165, 1.54) is 26.4 Å². The first kappa shape index (κ1) is 19.5. The van der Waals surface area contributed by atoms with E-state index in [-0.39, 0.29) is 5.91 Å². The molecule has 1 N–H and O–H groups in total. The van der Waals surface area contributed by atoms with Crippen LogP contribution < -0.4 is 10.1 Å². The lowest BCUT2D eigenvalue weighted by Crippen LogP contribution is -2.12. The number of carbonyl (C=O) groups is 2. The molecule has 0 heterocycles. The van der Waals surface area contributed by atoms with Gasteiger partial charge in [-0.1, -0.05) is 26.2 Å². The molecule has 5 nitrogen and oxygen atoms in total. The fraction of sp³-hybridized carbons (Fsp3) is 0.333. The first-order chi connectivity index (χ1) is 12.6. The third-order valence-electron chi connectivity index (χ3n) is 3.95. The molecular formula is C21H25NO4. The minimum Gasteiger partial charge on any atom is -0.494 e. The Bertz CT molecular complexity index is 708. The molecule has 0 aliphatic rings. The molecular weight excluding hydrogens is 330 g/mol. The molecule has 0 saturated carbocycles. The van der Waals surface area contributed by atoms with Crippen LogP contribution in [0.25, 0.3) is 0 Å². The number of benzene rings is 2. The number of methoxy groups -OCH3 is 1. The monoisotopic (exact) mass is 355 g/mol. The molecule has 138 valence electrons. The predicted molar refractivity (Wildman–Crippen MR) is 102 cm³/mol. The lowest BCUT2D eigenvalue weighted by molar-refractivity contribution is 0.0600.